The van der Waals surface area contributed by atoms with Gasteiger partial charge in [0.1, 0.15) is 11.3 Å². The van der Waals surface area contributed by atoms with Crippen molar-refractivity contribution >= 4 is 12.0 Å². The Balaban J connectivity index is 2.43. The Labute approximate surface area is 127 Å². The van der Waals surface area contributed by atoms with Crippen LogP contribution >= 0.6 is 0 Å². The number of nitrogens with zero attached hydrogens (tertiary/aromatic N) is 2. The van der Waals surface area contributed by atoms with Crippen LogP contribution in [-0.4, -0.2) is 40.5 Å². The van der Waals surface area contributed by atoms with Crippen molar-refractivity contribution in [3.63, 3.8) is 0 Å². The van der Waals surface area contributed by atoms with Gasteiger partial charge in [-0.2, -0.15) is 5.10 Å². The van der Waals surface area contributed by atoms with Crippen molar-refractivity contribution in [2.24, 2.45) is 7.05 Å². The summed E-state index contributed by atoms with van der Waals surface area (Å²) in [6.07, 6.45) is -2.23. The van der Waals surface area contributed by atoms with E-state index in [0.29, 0.717) is 0 Å². The molecule has 9 heteroatoms. The maximum absolute atomic E-state index is 12.7. The first-order valence-electron chi connectivity index (χ1n) is 6.67. The molecule has 124 valence electrons. The van der Waals surface area contributed by atoms with Crippen LogP contribution in [0, 0.1) is 0 Å². The predicted octanol–water partition coefficient (Wildman–Crippen LogP) is 1.61. The summed E-state index contributed by atoms with van der Waals surface area (Å²) in [6, 6.07) is 0. The maximum atomic E-state index is 12.7. The van der Waals surface area contributed by atoms with Gasteiger partial charge in [-0.25, -0.2) is 13.6 Å². The van der Waals surface area contributed by atoms with Crippen molar-refractivity contribution in [2.75, 3.05) is 13.1 Å². The summed E-state index contributed by atoms with van der Waals surface area (Å²) in [5.74, 6) is -0.672. The number of alkyl halides is 2. The van der Waals surface area contributed by atoms with Crippen molar-refractivity contribution < 1.29 is 23.1 Å². The molecular weight excluding hydrogens is 298 g/mol. The van der Waals surface area contributed by atoms with E-state index in [4.69, 9.17) is 4.74 Å². The van der Waals surface area contributed by atoms with Crippen LogP contribution in [0.1, 0.15) is 43.2 Å². The van der Waals surface area contributed by atoms with Gasteiger partial charge >= 0.3 is 6.09 Å². The number of rotatable bonds is 5. The molecule has 0 spiro atoms. The number of aromatic nitrogens is 2. The Morgan fingerprint density at radius 2 is 1.91 bits per heavy atom. The molecule has 2 amide bonds. The zero-order valence-electron chi connectivity index (χ0n) is 12.9. The number of hydrogen-bond acceptors (Lipinski definition) is 4. The van der Waals surface area contributed by atoms with E-state index in [9.17, 15) is 18.4 Å². The summed E-state index contributed by atoms with van der Waals surface area (Å²) in [6.45, 7) is 5.37. The zero-order valence-corrected chi connectivity index (χ0v) is 12.9. The van der Waals surface area contributed by atoms with Crippen molar-refractivity contribution in [1.82, 2.24) is 20.4 Å². The molecule has 0 fully saturated rings. The first-order valence-corrected chi connectivity index (χ1v) is 6.67. The molecule has 0 bridgehead atoms. The fraction of sp³-hybridized carbons (Fsp3) is 0.615. The van der Waals surface area contributed by atoms with Crippen molar-refractivity contribution in [1.29, 1.82) is 0 Å². The Kier molecular flexibility index (Phi) is 5.84. The lowest BCUT2D eigenvalue weighted by molar-refractivity contribution is 0.0526. The van der Waals surface area contributed by atoms with Crippen molar-refractivity contribution in [3.05, 3.63) is 17.5 Å². The molecule has 2 N–H and O–H groups in total. The van der Waals surface area contributed by atoms with Gasteiger partial charge in [0.25, 0.3) is 12.3 Å². The van der Waals surface area contributed by atoms with Crippen LogP contribution < -0.4 is 10.6 Å². The largest absolute Gasteiger partial charge is 0.444 e. The monoisotopic (exact) mass is 318 g/mol. The number of aryl methyl sites for hydroxylation is 1. The Morgan fingerprint density at radius 1 is 1.32 bits per heavy atom. The number of nitrogens with one attached hydrogen (secondary N) is 2. The summed E-state index contributed by atoms with van der Waals surface area (Å²) in [7, 11) is 1.45. The number of carbonyl (C=O) groups excluding carboxylic acids is 2. The highest BCUT2D eigenvalue weighted by Crippen LogP contribution is 2.20. The number of amides is 2. The van der Waals surface area contributed by atoms with Crippen LogP contribution in [0.15, 0.2) is 6.20 Å². The van der Waals surface area contributed by atoms with Crippen LogP contribution in [0.4, 0.5) is 13.6 Å². The molecule has 0 saturated heterocycles. The molecule has 0 radical (unpaired) electrons. The minimum Gasteiger partial charge on any atom is -0.444 e. The van der Waals surface area contributed by atoms with Gasteiger partial charge in [-0.1, -0.05) is 0 Å². The number of halogens is 2. The number of carbonyl (C=O) groups is 2. The number of hydrogen-bond donors (Lipinski definition) is 2. The summed E-state index contributed by atoms with van der Waals surface area (Å²) < 4.78 is 31.6. The van der Waals surface area contributed by atoms with Crippen LogP contribution in [0.25, 0.3) is 0 Å². The second-order valence-corrected chi connectivity index (χ2v) is 5.59. The number of ether oxygens (including phenoxy) is 1. The molecule has 7 nitrogen and oxygen atoms in total. The average molecular weight is 318 g/mol. The Morgan fingerprint density at radius 3 is 2.45 bits per heavy atom. The van der Waals surface area contributed by atoms with Crippen LogP contribution in [-0.2, 0) is 11.8 Å². The van der Waals surface area contributed by atoms with Crippen molar-refractivity contribution in [2.45, 2.75) is 32.8 Å². The standard InChI is InChI=1S/C13H20F2N4O3/c1-13(2,3)22-12(21)17-6-5-16-11(20)8-7-19(4)18-9(8)10(14)15/h7,10H,5-6H2,1-4H3,(H,16,20)(H,17,21). The molecule has 0 aliphatic rings. The van der Waals surface area contributed by atoms with E-state index in [1.165, 1.54) is 13.2 Å². The van der Waals surface area contributed by atoms with Gasteiger partial charge in [-0.05, 0) is 20.8 Å². The average Bonchev–Trinajstić information content (AvgIpc) is 2.74. The van der Waals surface area contributed by atoms with E-state index in [1.807, 2.05) is 0 Å². The second kappa shape index (κ2) is 7.19. The Bertz CT molecular complexity index is 538. The molecule has 0 aliphatic carbocycles. The van der Waals surface area contributed by atoms with Crippen LogP contribution in [0.2, 0.25) is 0 Å². The highest BCUT2D eigenvalue weighted by Gasteiger charge is 2.22. The zero-order chi connectivity index (χ0) is 16.9. The SMILES string of the molecule is Cn1cc(C(=O)NCCNC(=O)OC(C)(C)C)c(C(F)F)n1. The normalized spacial score (nSPS) is 11.4. The quantitative estimate of drug-likeness (QED) is 0.808. The minimum atomic E-state index is -2.83. The van der Waals surface area contributed by atoms with Crippen LogP contribution in [0.5, 0.6) is 0 Å². The molecule has 0 atom stereocenters. The molecule has 0 aliphatic heterocycles. The van der Waals surface area contributed by atoms with E-state index >= 15 is 0 Å². The Hall–Kier alpha value is -2.19. The molecule has 1 aromatic heterocycles. The fourth-order valence-corrected chi connectivity index (χ4v) is 1.59. The third-order valence-electron chi connectivity index (χ3n) is 2.39. The number of alkyl carbamates (subject to hydrolysis) is 1. The molecule has 1 aromatic rings. The molecular formula is C13H20F2N4O3. The summed E-state index contributed by atoms with van der Waals surface area (Å²) in [5, 5.41) is 8.42. The maximum Gasteiger partial charge on any atom is 0.407 e. The third-order valence-corrected chi connectivity index (χ3v) is 2.39. The summed E-state index contributed by atoms with van der Waals surface area (Å²) in [5.41, 5.74) is -1.37. The van der Waals surface area contributed by atoms with Gasteiger partial charge in [0.15, 0.2) is 0 Å². The lowest BCUT2D eigenvalue weighted by atomic mass is 10.2. The van der Waals surface area contributed by atoms with Crippen LogP contribution in [0.3, 0.4) is 0 Å². The molecule has 0 aromatic carbocycles. The molecule has 1 rings (SSSR count). The lowest BCUT2D eigenvalue weighted by Crippen LogP contribution is -2.38. The smallest absolute Gasteiger partial charge is 0.407 e. The first-order chi connectivity index (χ1) is 10.1. The van der Waals surface area contributed by atoms with E-state index in [-0.39, 0.29) is 18.7 Å². The summed E-state index contributed by atoms with van der Waals surface area (Å²) in [4.78, 5) is 23.2. The summed E-state index contributed by atoms with van der Waals surface area (Å²) >= 11 is 0. The molecule has 22 heavy (non-hydrogen) atoms. The van der Waals surface area contributed by atoms with Gasteiger partial charge in [0.2, 0.25) is 0 Å². The van der Waals surface area contributed by atoms with E-state index in [0.717, 1.165) is 4.68 Å². The van der Waals surface area contributed by atoms with Gasteiger partial charge < -0.3 is 15.4 Å². The predicted molar refractivity (Wildman–Crippen MR) is 74.7 cm³/mol. The first kappa shape index (κ1) is 17.9. The van der Waals surface area contributed by atoms with E-state index < -0.39 is 29.7 Å². The van der Waals surface area contributed by atoms with E-state index in [2.05, 4.69) is 15.7 Å². The topological polar surface area (TPSA) is 85.2 Å². The minimum absolute atomic E-state index is 0.0790. The second-order valence-electron chi connectivity index (χ2n) is 5.59. The van der Waals surface area contributed by atoms with Gasteiger partial charge in [0, 0.05) is 26.3 Å². The molecule has 0 saturated carbocycles. The highest BCUT2D eigenvalue weighted by molar-refractivity contribution is 5.95. The van der Waals surface area contributed by atoms with Gasteiger partial charge in [-0.15, -0.1) is 0 Å². The molecule has 1 heterocycles. The fourth-order valence-electron chi connectivity index (χ4n) is 1.59. The highest BCUT2D eigenvalue weighted by atomic mass is 19.3. The molecule has 0 unspecified atom stereocenters. The van der Waals surface area contributed by atoms with E-state index in [1.54, 1.807) is 20.8 Å². The third kappa shape index (κ3) is 5.66. The van der Waals surface area contributed by atoms with Gasteiger partial charge in [0.05, 0.1) is 5.56 Å². The van der Waals surface area contributed by atoms with Gasteiger partial charge in [-0.3, -0.25) is 9.48 Å². The van der Waals surface area contributed by atoms with Crippen molar-refractivity contribution in [3.8, 4) is 0 Å². The lowest BCUT2D eigenvalue weighted by Gasteiger charge is -2.19.